The maximum atomic E-state index is 3.80. The van der Waals surface area contributed by atoms with Crippen LogP contribution in [0.15, 0.2) is 25.1 Å². The third-order valence-corrected chi connectivity index (χ3v) is 2.96. The molecule has 15 heavy (non-hydrogen) atoms. The highest BCUT2D eigenvalue weighted by atomic mass is 15.1. The van der Waals surface area contributed by atoms with E-state index in [-0.39, 0.29) is 1.43 Å². The number of nitrogens with zero attached hydrogens (tertiary/aromatic N) is 1. The number of rotatable bonds is 6. The molecule has 0 aromatic heterocycles. The van der Waals surface area contributed by atoms with Gasteiger partial charge >= 0.3 is 0 Å². The summed E-state index contributed by atoms with van der Waals surface area (Å²) in [5.41, 5.74) is 0. The molecular weight excluding hydrogens is 184 g/mol. The van der Waals surface area contributed by atoms with Crippen molar-refractivity contribution < 1.29 is 1.43 Å². The molecule has 1 fully saturated rings. The smallest absolute Gasteiger partial charge is 0.0219 e. The van der Waals surface area contributed by atoms with Crippen molar-refractivity contribution in [2.24, 2.45) is 0 Å². The molecule has 0 aromatic rings. The van der Waals surface area contributed by atoms with Crippen molar-refractivity contribution in [2.75, 3.05) is 13.1 Å². The molecule has 0 aliphatic carbocycles. The first-order valence-electron chi connectivity index (χ1n) is 6.11. The van der Waals surface area contributed by atoms with Crippen LogP contribution < -0.4 is 5.32 Å². The molecule has 0 radical (unpaired) electrons. The molecule has 88 valence electrons. The quantitative estimate of drug-likeness (QED) is 0.724. The van der Waals surface area contributed by atoms with Gasteiger partial charge < -0.3 is 10.2 Å². The third kappa shape index (κ3) is 5.03. The Bertz CT molecular complexity index is 198. The molecule has 1 N–H and O–H groups in total. The van der Waals surface area contributed by atoms with Gasteiger partial charge in [-0.1, -0.05) is 19.1 Å². The van der Waals surface area contributed by atoms with Crippen molar-refractivity contribution in [1.29, 1.82) is 0 Å². The minimum Gasteiger partial charge on any atom is -0.355 e. The van der Waals surface area contributed by atoms with Gasteiger partial charge in [-0.05, 0) is 51.6 Å². The van der Waals surface area contributed by atoms with E-state index in [1.165, 1.54) is 38.6 Å². The highest BCUT2D eigenvalue weighted by Gasteiger charge is 2.11. The largest absolute Gasteiger partial charge is 0.355 e. The minimum absolute atomic E-state index is 0. The number of piperidine rings is 1. The standard InChI is InChI=1S/C13H24N2.H2/c1-3-11-15(4-2)12-7-9-13-8-5-6-10-14-13;/h3-4,11,13-14H,2,5-10,12H2,1H3;1H/b11-3-;. The van der Waals surface area contributed by atoms with Crippen LogP contribution in [0.1, 0.15) is 40.5 Å². The zero-order valence-corrected chi connectivity index (χ0v) is 9.91. The summed E-state index contributed by atoms with van der Waals surface area (Å²) in [4.78, 5) is 2.16. The number of hydrogen-bond donors (Lipinski definition) is 1. The van der Waals surface area contributed by atoms with E-state index in [4.69, 9.17) is 0 Å². The summed E-state index contributed by atoms with van der Waals surface area (Å²) in [6.07, 6.45) is 12.7. The number of allylic oxidation sites excluding steroid dienone is 1. The molecule has 1 unspecified atom stereocenters. The molecular formula is C13H26N2. The van der Waals surface area contributed by atoms with Gasteiger partial charge in [0.2, 0.25) is 0 Å². The van der Waals surface area contributed by atoms with Crippen molar-refractivity contribution in [3.8, 4) is 0 Å². The second-order valence-corrected chi connectivity index (χ2v) is 4.19. The monoisotopic (exact) mass is 210 g/mol. The van der Waals surface area contributed by atoms with E-state index < -0.39 is 0 Å². The predicted molar refractivity (Wildman–Crippen MR) is 68.7 cm³/mol. The molecule has 1 aliphatic heterocycles. The van der Waals surface area contributed by atoms with Crippen molar-refractivity contribution in [1.82, 2.24) is 10.2 Å². The second kappa shape index (κ2) is 7.52. The van der Waals surface area contributed by atoms with Gasteiger partial charge in [0, 0.05) is 14.0 Å². The first kappa shape index (κ1) is 12.3. The Morgan fingerprint density at radius 3 is 3.00 bits per heavy atom. The predicted octanol–water partition coefficient (Wildman–Crippen LogP) is 3.13. The summed E-state index contributed by atoms with van der Waals surface area (Å²) in [6, 6.07) is 0.760. The topological polar surface area (TPSA) is 15.3 Å². The lowest BCUT2D eigenvalue weighted by atomic mass is 10.0. The molecule has 0 amide bonds. The van der Waals surface area contributed by atoms with E-state index >= 15 is 0 Å². The Morgan fingerprint density at radius 2 is 2.40 bits per heavy atom. The van der Waals surface area contributed by atoms with Crippen LogP contribution in [0.4, 0.5) is 0 Å². The van der Waals surface area contributed by atoms with Crippen molar-refractivity contribution >= 4 is 0 Å². The fraction of sp³-hybridized carbons (Fsp3) is 0.692. The average Bonchev–Trinajstić information content (AvgIpc) is 2.29. The number of hydrogen-bond acceptors (Lipinski definition) is 2. The van der Waals surface area contributed by atoms with Gasteiger partial charge in [-0.3, -0.25) is 0 Å². The van der Waals surface area contributed by atoms with Crippen LogP contribution in [0.2, 0.25) is 0 Å². The summed E-state index contributed by atoms with van der Waals surface area (Å²) in [5.74, 6) is 0. The van der Waals surface area contributed by atoms with E-state index in [9.17, 15) is 0 Å². The minimum atomic E-state index is 0. The van der Waals surface area contributed by atoms with E-state index in [2.05, 4.69) is 29.1 Å². The Balaban J connectivity index is 0.00000225. The van der Waals surface area contributed by atoms with Gasteiger partial charge in [-0.25, -0.2) is 0 Å². The first-order chi connectivity index (χ1) is 7.36. The van der Waals surface area contributed by atoms with Crippen LogP contribution in [0.25, 0.3) is 0 Å². The van der Waals surface area contributed by atoms with Gasteiger partial charge in [0.15, 0.2) is 0 Å². The highest BCUT2D eigenvalue weighted by molar-refractivity contribution is 4.85. The van der Waals surface area contributed by atoms with Crippen LogP contribution in [0, 0.1) is 0 Å². The zero-order valence-electron chi connectivity index (χ0n) is 9.91. The van der Waals surface area contributed by atoms with Crippen molar-refractivity contribution in [2.45, 2.75) is 45.1 Å². The summed E-state index contributed by atoms with van der Waals surface area (Å²) in [6.45, 7) is 8.15. The molecule has 2 heteroatoms. The molecule has 1 atom stereocenters. The molecule has 0 bridgehead atoms. The molecule has 1 aliphatic rings. The molecule has 1 saturated heterocycles. The van der Waals surface area contributed by atoms with Crippen LogP contribution in [-0.2, 0) is 0 Å². The number of nitrogens with one attached hydrogen (secondary N) is 1. The van der Waals surface area contributed by atoms with Gasteiger partial charge in [-0.2, -0.15) is 0 Å². The summed E-state index contributed by atoms with van der Waals surface area (Å²) >= 11 is 0. The SMILES string of the molecule is C=CN(/C=C\C)CCCC1CCCCN1.[HH]. The van der Waals surface area contributed by atoms with Gasteiger partial charge in [0.1, 0.15) is 0 Å². The molecule has 2 nitrogen and oxygen atoms in total. The Kier molecular flexibility index (Phi) is 6.17. The maximum absolute atomic E-state index is 3.80. The molecule has 0 spiro atoms. The zero-order chi connectivity index (χ0) is 10.9. The Labute approximate surface area is 95.5 Å². The van der Waals surface area contributed by atoms with Gasteiger partial charge in [0.05, 0.1) is 0 Å². The summed E-state index contributed by atoms with van der Waals surface area (Å²) in [5, 5.41) is 3.58. The molecule has 0 aromatic carbocycles. The van der Waals surface area contributed by atoms with Crippen LogP contribution in [0.3, 0.4) is 0 Å². The van der Waals surface area contributed by atoms with Gasteiger partial charge in [-0.15, -0.1) is 0 Å². The lowest BCUT2D eigenvalue weighted by molar-refractivity contribution is 0.359. The fourth-order valence-corrected chi connectivity index (χ4v) is 2.11. The van der Waals surface area contributed by atoms with Gasteiger partial charge in [0.25, 0.3) is 0 Å². The summed E-state index contributed by atoms with van der Waals surface area (Å²) in [7, 11) is 0. The lowest BCUT2D eigenvalue weighted by Gasteiger charge is -2.24. The van der Waals surface area contributed by atoms with Crippen LogP contribution in [0.5, 0.6) is 0 Å². The van der Waals surface area contributed by atoms with E-state index in [0.717, 1.165) is 12.6 Å². The van der Waals surface area contributed by atoms with E-state index in [1.807, 2.05) is 13.1 Å². The highest BCUT2D eigenvalue weighted by Crippen LogP contribution is 2.12. The van der Waals surface area contributed by atoms with Crippen LogP contribution in [-0.4, -0.2) is 24.0 Å². The lowest BCUT2D eigenvalue weighted by Crippen LogP contribution is -2.34. The molecule has 0 saturated carbocycles. The summed E-state index contributed by atoms with van der Waals surface area (Å²) < 4.78 is 0. The second-order valence-electron chi connectivity index (χ2n) is 4.19. The van der Waals surface area contributed by atoms with Crippen molar-refractivity contribution in [3.63, 3.8) is 0 Å². The fourth-order valence-electron chi connectivity index (χ4n) is 2.11. The van der Waals surface area contributed by atoms with E-state index in [1.54, 1.807) is 0 Å². The molecule has 1 heterocycles. The van der Waals surface area contributed by atoms with Crippen LogP contribution >= 0.6 is 0 Å². The van der Waals surface area contributed by atoms with Crippen molar-refractivity contribution in [3.05, 3.63) is 25.1 Å². The molecule has 1 rings (SSSR count). The Morgan fingerprint density at radius 1 is 1.53 bits per heavy atom. The third-order valence-electron chi connectivity index (χ3n) is 2.96. The first-order valence-corrected chi connectivity index (χ1v) is 6.11. The Hall–Kier alpha value is -0.760. The maximum Gasteiger partial charge on any atom is 0.0219 e. The normalized spacial score (nSPS) is 21.8. The van der Waals surface area contributed by atoms with E-state index in [0.29, 0.717) is 0 Å². The average molecular weight is 210 g/mol.